The molecule has 2 aromatic heterocycles. The van der Waals surface area contributed by atoms with Gasteiger partial charge in [-0.2, -0.15) is 0 Å². The van der Waals surface area contributed by atoms with Gasteiger partial charge in [0.2, 0.25) is 5.65 Å². The van der Waals surface area contributed by atoms with Crippen molar-refractivity contribution in [3.63, 3.8) is 0 Å². The molecule has 0 spiro atoms. The van der Waals surface area contributed by atoms with Crippen molar-refractivity contribution in [2.75, 3.05) is 0 Å². The largest absolute Gasteiger partial charge is 0.470 e. The molecule has 3 aromatic rings. The number of benzene rings is 1. The van der Waals surface area contributed by atoms with Crippen LogP contribution in [0.15, 0.2) is 29.0 Å². The smallest absolute Gasteiger partial charge is 0.258 e. The van der Waals surface area contributed by atoms with E-state index in [-0.39, 0.29) is 18.1 Å². The number of aryl methyl sites for hydroxylation is 2. The Morgan fingerprint density at radius 1 is 1.18 bits per heavy atom. The monoisotopic (exact) mass is 367 g/mol. The maximum atomic E-state index is 13.6. The van der Waals surface area contributed by atoms with Crippen molar-refractivity contribution >= 4 is 21.6 Å². The van der Waals surface area contributed by atoms with E-state index in [1.807, 2.05) is 6.92 Å². The Kier molecular flexibility index (Phi) is 3.82. The van der Waals surface area contributed by atoms with Gasteiger partial charge in [0.15, 0.2) is 0 Å². The van der Waals surface area contributed by atoms with E-state index in [1.54, 1.807) is 17.5 Å². The van der Waals surface area contributed by atoms with Gasteiger partial charge in [-0.1, -0.05) is 6.07 Å². The van der Waals surface area contributed by atoms with Crippen LogP contribution in [0.3, 0.4) is 0 Å². The summed E-state index contributed by atoms with van der Waals surface area (Å²) in [5.74, 6) is -1.06. The van der Waals surface area contributed by atoms with Crippen LogP contribution in [0.2, 0.25) is 0 Å². The van der Waals surface area contributed by atoms with E-state index in [9.17, 15) is 8.78 Å². The quantitative estimate of drug-likeness (QED) is 0.703. The average Bonchev–Trinajstić information content (AvgIpc) is 2.74. The van der Waals surface area contributed by atoms with Crippen molar-refractivity contribution < 1.29 is 13.5 Å². The van der Waals surface area contributed by atoms with Gasteiger partial charge >= 0.3 is 0 Å². The zero-order valence-electron chi connectivity index (χ0n) is 11.9. The van der Waals surface area contributed by atoms with Crippen LogP contribution in [0.5, 0.6) is 5.88 Å². The third-order valence-electron chi connectivity index (χ3n) is 3.21. The Bertz CT molecular complexity index is 843. The number of hydrogen-bond acceptors (Lipinski definition) is 3. The van der Waals surface area contributed by atoms with Crippen LogP contribution < -0.4 is 4.74 Å². The lowest BCUT2D eigenvalue weighted by Gasteiger charge is -2.09. The molecular formula is C15H12BrF2N3O. The molecule has 114 valence electrons. The topological polar surface area (TPSA) is 39.4 Å². The summed E-state index contributed by atoms with van der Waals surface area (Å²) in [4.78, 5) is 8.61. The lowest BCUT2D eigenvalue weighted by atomic mass is 10.2. The Labute approximate surface area is 133 Å². The summed E-state index contributed by atoms with van der Waals surface area (Å²) >= 11 is 3.44. The van der Waals surface area contributed by atoms with E-state index in [0.717, 1.165) is 10.3 Å². The molecule has 1 aromatic carbocycles. The molecule has 0 aliphatic rings. The molecule has 0 atom stereocenters. The maximum absolute atomic E-state index is 13.6. The molecule has 0 fully saturated rings. The number of halogens is 3. The summed E-state index contributed by atoms with van der Waals surface area (Å²) in [5, 5.41) is 0. The van der Waals surface area contributed by atoms with E-state index < -0.39 is 11.6 Å². The Morgan fingerprint density at radius 2 is 1.86 bits per heavy atom. The molecule has 0 bridgehead atoms. The average molecular weight is 368 g/mol. The predicted octanol–water partition coefficient (Wildman–Crippen LogP) is 3.97. The van der Waals surface area contributed by atoms with Crippen LogP contribution in [-0.2, 0) is 6.61 Å². The van der Waals surface area contributed by atoms with Crippen molar-refractivity contribution in [3.05, 3.63) is 57.6 Å². The van der Waals surface area contributed by atoms with E-state index >= 15 is 0 Å². The first-order valence-electron chi connectivity index (χ1n) is 6.55. The minimum atomic E-state index is -0.649. The highest BCUT2D eigenvalue weighted by molar-refractivity contribution is 9.10. The van der Waals surface area contributed by atoms with Crippen LogP contribution in [0.4, 0.5) is 8.78 Å². The summed E-state index contributed by atoms with van der Waals surface area (Å²) in [6, 6.07) is 3.70. The minimum Gasteiger partial charge on any atom is -0.470 e. The molecule has 0 radical (unpaired) electrons. The predicted molar refractivity (Wildman–Crippen MR) is 80.9 cm³/mol. The Balaban J connectivity index is 1.99. The number of ether oxygens (including phenoxy) is 1. The van der Waals surface area contributed by atoms with Gasteiger partial charge in [-0.05, 0) is 41.9 Å². The first-order chi connectivity index (χ1) is 10.5. The number of hydrogen-bond donors (Lipinski definition) is 0. The number of rotatable bonds is 3. The second-order valence-electron chi connectivity index (χ2n) is 4.86. The van der Waals surface area contributed by atoms with E-state index in [2.05, 4.69) is 25.9 Å². The molecule has 7 heteroatoms. The summed E-state index contributed by atoms with van der Waals surface area (Å²) in [7, 11) is 0. The molecule has 0 N–H and O–H groups in total. The molecule has 0 amide bonds. The molecule has 2 heterocycles. The van der Waals surface area contributed by atoms with Gasteiger partial charge in [0, 0.05) is 6.20 Å². The highest BCUT2D eigenvalue weighted by atomic mass is 79.9. The normalized spacial score (nSPS) is 11.1. The van der Waals surface area contributed by atoms with Gasteiger partial charge in [0.05, 0.1) is 17.0 Å². The van der Waals surface area contributed by atoms with Crippen LogP contribution in [0.25, 0.3) is 5.65 Å². The fraction of sp³-hybridized carbons (Fsp3) is 0.200. The molecule has 0 aliphatic carbocycles. The van der Waals surface area contributed by atoms with Gasteiger partial charge < -0.3 is 4.74 Å². The van der Waals surface area contributed by atoms with Crippen LogP contribution in [0.1, 0.15) is 17.0 Å². The third kappa shape index (κ3) is 2.56. The highest BCUT2D eigenvalue weighted by Gasteiger charge is 2.15. The van der Waals surface area contributed by atoms with Crippen molar-refractivity contribution in [2.45, 2.75) is 20.5 Å². The third-order valence-corrected chi connectivity index (χ3v) is 4.17. The number of nitrogens with zero attached hydrogens (tertiary/aromatic N) is 3. The van der Waals surface area contributed by atoms with Gasteiger partial charge in [0.25, 0.3) is 5.88 Å². The lowest BCUT2D eigenvalue weighted by molar-refractivity contribution is 0.282. The molecule has 22 heavy (non-hydrogen) atoms. The van der Waals surface area contributed by atoms with Crippen LogP contribution >= 0.6 is 15.9 Å². The lowest BCUT2D eigenvalue weighted by Crippen LogP contribution is -2.05. The summed E-state index contributed by atoms with van der Waals surface area (Å²) in [6.07, 6.45) is 1.80. The van der Waals surface area contributed by atoms with Gasteiger partial charge in [0.1, 0.15) is 22.8 Å². The van der Waals surface area contributed by atoms with E-state index in [0.29, 0.717) is 11.3 Å². The minimum absolute atomic E-state index is 0.133. The number of imidazole rings is 1. The van der Waals surface area contributed by atoms with E-state index in [4.69, 9.17) is 4.74 Å². The highest BCUT2D eigenvalue weighted by Crippen LogP contribution is 2.25. The zero-order chi connectivity index (χ0) is 15.9. The second-order valence-corrected chi connectivity index (χ2v) is 5.61. The standard InChI is InChI=1S/C15H12BrF2N3O/c1-8-6-21-13(16)9(2)20-14(21)15(19-8)22-7-10-11(17)4-3-5-12(10)18/h3-6H,7H2,1-2H3. The summed E-state index contributed by atoms with van der Waals surface area (Å²) in [5.41, 5.74) is 1.84. The molecule has 0 saturated heterocycles. The molecule has 0 unspecified atom stereocenters. The second kappa shape index (κ2) is 5.64. The van der Waals surface area contributed by atoms with Crippen LogP contribution in [-0.4, -0.2) is 14.4 Å². The fourth-order valence-electron chi connectivity index (χ4n) is 2.13. The first-order valence-corrected chi connectivity index (χ1v) is 7.34. The Hall–Kier alpha value is -2.02. The van der Waals surface area contributed by atoms with Crippen molar-refractivity contribution in [3.8, 4) is 5.88 Å². The van der Waals surface area contributed by atoms with Crippen molar-refractivity contribution in [2.24, 2.45) is 0 Å². The molecular weight excluding hydrogens is 356 g/mol. The van der Waals surface area contributed by atoms with Crippen LogP contribution in [0, 0.1) is 25.5 Å². The van der Waals surface area contributed by atoms with Crippen molar-refractivity contribution in [1.29, 1.82) is 0 Å². The van der Waals surface area contributed by atoms with Gasteiger partial charge in [-0.25, -0.2) is 18.7 Å². The zero-order valence-corrected chi connectivity index (χ0v) is 13.5. The number of fused-ring (bicyclic) bond motifs is 1. The van der Waals surface area contributed by atoms with Gasteiger partial charge in [-0.3, -0.25) is 4.40 Å². The molecule has 0 aliphatic heterocycles. The maximum Gasteiger partial charge on any atom is 0.258 e. The molecule has 3 rings (SSSR count). The summed E-state index contributed by atoms with van der Waals surface area (Å²) in [6.45, 7) is 3.39. The molecule has 0 saturated carbocycles. The fourth-order valence-corrected chi connectivity index (χ4v) is 2.49. The molecule has 4 nitrogen and oxygen atoms in total. The van der Waals surface area contributed by atoms with Gasteiger partial charge in [-0.15, -0.1) is 0 Å². The SMILES string of the molecule is Cc1cn2c(Br)c(C)nc2c(OCc2c(F)cccc2F)n1. The van der Waals surface area contributed by atoms with Crippen molar-refractivity contribution in [1.82, 2.24) is 14.4 Å². The number of aromatic nitrogens is 3. The first kappa shape index (κ1) is 14.9. The Morgan fingerprint density at radius 3 is 2.55 bits per heavy atom. The summed E-state index contributed by atoms with van der Waals surface area (Å²) < 4.78 is 35.4. The van der Waals surface area contributed by atoms with E-state index in [1.165, 1.54) is 18.2 Å².